The molecule has 2 aromatic heterocycles. The summed E-state index contributed by atoms with van der Waals surface area (Å²) in [5, 5.41) is 13.6. The first-order chi connectivity index (χ1) is 21.4. The van der Waals surface area contributed by atoms with Crippen LogP contribution in [0.4, 0.5) is 23.1 Å². The van der Waals surface area contributed by atoms with Crippen LogP contribution in [0.15, 0.2) is 41.4 Å². The molecule has 3 N–H and O–H groups in total. The van der Waals surface area contributed by atoms with E-state index >= 15 is 0 Å². The Bertz CT molecular complexity index is 1860. The minimum atomic E-state index is -3.59. The molecule has 2 aromatic carbocycles. The number of hydrogen-bond donors (Lipinski definition) is 3. The predicted molar refractivity (Wildman–Crippen MR) is 174 cm³/mol. The van der Waals surface area contributed by atoms with Crippen molar-refractivity contribution in [3.8, 4) is 5.75 Å². The highest BCUT2D eigenvalue weighted by Gasteiger charge is 2.35. The summed E-state index contributed by atoms with van der Waals surface area (Å²) in [5.74, 6) is 1.21. The van der Waals surface area contributed by atoms with Gasteiger partial charge < -0.3 is 25.2 Å². The van der Waals surface area contributed by atoms with Gasteiger partial charge in [-0.05, 0) is 103 Å². The van der Waals surface area contributed by atoms with Gasteiger partial charge >= 0.3 is 0 Å². The number of amides is 1. The highest BCUT2D eigenvalue weighted by atomic mass is 32.2. The standard InChI is InChI=1S/C32H40N8O4S/c1-18(2)44-27-14-21-17-40(22-9-11-39(6)12-10-22)31(41)23(21)15-25(27)35-32-36-29(24-16-33-38-30(24)37-32)34-26-13-20(5)7-8-28(26)45(42,43)19(3)4/h7-8,13-16,18-19,22H,9-12,17H2,1-6H3,(H3,33,34,35,36,37,38). The first-order valence-electron chi connectivity index (χ1n) is 15.3. The number of ether oxygens (including phenoxy) is 1. The van der Waals surface area contributed by atoms with E-state index in [2.05, 4.69) is 37.8 Å². The second-order valence-electron chi connectivity index (χ2n) is 12.5. The summed E-state index contributed by atoms with van der Waals surface area (Å²) in [6.45, 7) is 11.6. The quantitative estimate of drug-likeness (QED) is 0.226. The number of aryl methyl sites for hydroxylation is 1. The Kier molecular flexibility index (Phi) is 8.16. The first-order valence-corrected chi connectivity index (χ1v) is 16.9. The third-order valence-corrected chi connectivity index (χ3v) is 10.6. The third-order valence-electron chi connectivity index (χ3n) is 8.40. The van der Waals surface area contributed by atoms with E-state index in [1.54, 1.807) is 38.2 Å². The maximum atomic E-state index is 13.6. The van der Waals surface area contributed by atoms with Gasteiger partial charge in [0.15, 0.2) is 15.5 Å². The molecule has 2 aliphatic heterocycles. The van der Waals surface area contributed by atoms with Gasteiger partial charge in [0.05, 0.1) is 39.2 Å². The molecule has 12 nitrogen and oxygen atoms in total. The minimum absolute atomic E-state index is 0.0179. The zero-order valence-electron chi connectivity index (χ0n) is 26.5. The van der Waals surface area contributed by atoms with Crippen LogP contribution in [0.2, 0.25) is 0 Å². The molecule has 238 valence electrons. The summed E-state index contributed by atoms with van der Waals surface area (Å²) in [7, 11) is -1.47. The Hall–Kier alpha value is -4.23. The van der Waals surface area contributed by atoms with Crippen LogP contribution >= 0.6 is 0 Å². The second kappa shape index (κ2) is 11.9. The van der Waals surface area contributed by atoms with Crippen molar-refractivity contribution in [3.63, 3.8) is 0 Å². The number of sulfone groups is 1. The van der Waals surface area contributed by atoms with E-state index in [1.807, 2.05) is 37.8 Å². The van der Waals surface area contributed by atoms with Crippen LogP contribution in [0.1, 0.15) is 62.0 Å². The molecular formula is C32H40N8O4S. The van der Waals surface area contributed by atoms with Gasteiger partial charge in [-0.3, -0.25) is 9.89 Å². The Labute approximate surface area is 263 Å². The van der Waals surface area contributed by atoms with Crippen LogP contribution in [-0.2, 0) is 16.4 Å². The van der Waals surface area contributed by atoms with Gasteiger partial charge in [-0.15, -0.1) is 0 Å². The van der Waals surface area contributed by atoms with Gasteiger partial charge in [0.2, 0.25) is 5.95 Å². The minimum Gasteiger partial charge on any atom is -0.489 e. The Morgan fingerprint density at radius 1 is 1.02 bits per heavy atom. The zero-order chi connectivity index (χ0) is 32.0. The molecule has 2 aliphatic rings. The molecule has 0 atom stereocenters. The van der Waals surface area contributed by atoms with Crippen LogP contribution < -0.4 is 15.4 Å². The highest BCUT2D eigenvalue weighted by molar-refractivity contribution is 7.92. The number of H-pyrrole nitrogens is 1. The van der Waals surface area contributed by atoms with Crippen LogP contribution in [0.3, 0.4) is 0 Å². The van der Waals surface area contributed by atoms with E-state index in [9.17, 15) is 13.2 Å². The van der Waals surface area contributed by atoms with Crippen molar-refractivity contribution in [2.24, 2.45) is 0 Å². The summed E-state index contributed by atoms with van der Waals surface area (Å²) in [5.41, 5.74) is 3.89. The van der Waals surface area contributed by atoms with Crippen LogP contribution in [0, 0.1) is 6.92 Å². The van der Waals surface area contributed by atoms with Gasteiger partial charge in [0, 0.05) is 18.2 Å². The van der Waals surface area contributed by atoms with Crippen molar-refractivity contribution in [2.45, 2.75) is 76.3 Å². The number of carbonyl (C=O) groups excluding carboxylic acids is 1. The number of piperidine rings is 1. The number of rotatable bonds is 9. The maximum Gasteiger partial charge on any atom is 0.254 e. The number of aromatic amines is 1. The van der Waals surface area contributed by atoms with Crippen molar-refractivity contribution >= 4 is 49.9 Å². The fraction of sp³-hybridized carbons (Fsp3) is 0.438. The maximum absolute atomic E-state index is 13.6. The van der Waals surface area contributed by atoms with Crippen LogP contribution in [0.25, 0.3) is 11.0 Å². The van der Waals surface area contributed by atoms with E-state index in [-0.39, 0.29) is 28.9 Å². The molecule has 4 aromatic rings. The lowest BCUT2D eigenvalue weighted by atomic mass is 10.0. The van der Waals surface area contributed by atoms with Gasteiger partial charge in [-0.25, -0.2) is 8.42 Å². The molecule has 0 bridgehead atoms. The van der Waals surface area contributed by atoms with E-state index in [4.69, 9.17) is 9.72 Å². The Balaban J connectivity index is 1.36. The molecular weight excluding hydrogens is 592 g/mol. The zero-order valence-corrected chi connectivity index (χ0v) is 27.3. The lowest BCUT2D eigenvalue weighted by Gasteiger charge is -2.34. The normalized spacial score (nSPS) is 16.2. The molecule has 1 saturated heterocycles. The van der Waals surface area contributed by atoms with E-state index in [1.165, 1.54) is 0 Å². The molecule has 45 heavy (non-hydrogen) atoms. The fourth-order valence-corrected chi connectivity index (χ4v) is 7.07. The molecule has 1 amide bonds. The summed E-state index contributed by atoms with van der Waals surface area (Å²) in [4.78, 5) is 27.5. The fourth-order valence-electron chi connectivity index (χ4n) is 5.89. The molecule has 0 aliphatic carbocycles. The lowest BCUT2D eigenvalue weighted by molar-refractivity contribution is 0.0617. The molecule has 13 heteroatoms. The first kappa shape index (κ1) is 30.8. The number of carbonyl (C=O) groups is 1. The van der Waals surface area contributed by atoms with Crippen molar-refractivity contribution in [2.75, 3.05) is 30.8 Å². The summed E-state index contributed by atoms with van der Waals surface area (Å²) in [6, 6.07) is 9.15. The summed E-state index contributed by atoms with van der Waals surface area (Å²) < 4.78 is 32.6. The molecule has 0 spiro atoms. The van der Waals surface area contributed by atoms with Gasteiger partial charge in [-0.2, -0.15) is 15.1 Å². The lowest BCUT2D eigenvalue weighted by Crippen LogP contribution is -2.43. The average molecular weight is 633 g/mol. The number of nitrogens with zero attached hydrogens (tertiary/aromatic N) is 5. The van der Waals surface area contributed by atoms with Crippen molar-refractivity contribution in [3.05, 3.63) is 53.2 Å². The van der Waals surface area contributed by atoms with Crippen LogP contribution in [-0.4, -0.2) is 81.8 Å². The number of hydrogen-bond acceptors (Lipinski definition) is 10. The molecule has 6 rings (SSSR count). The molecule has 0 unspecified atom stereocenters. The Morgan fingerprint density at radius 3 is 2.49 bits per heavy atom. The SMILES string of the molecule is Cc1ccc(S(=O)(=O)C(C)C)c(Nc2nc(Nc3cc4c(cc3OC(C)C)CN(C3CCN(C)CC3)C4=O)nc3[nH]ncc23)c1. The number of benzene rings is 2. The molecule has 1 fully saturated rings. The summed E-state index contributed by atoms with van der Waals surface area (Å²) in [6.07, 6.45) is 3.38. The van der Waals surface area contributed by atoms with Gasteiger partial charge in [0.25, 0.3) is 5.91 Å². The predicted octanol–water partition coefficient (Wildman–Crippen LogP) is 5.17. The third kappa shape index (κ3) is 6.06. The largest absolute Gasteiger partial charge is 0.489 e. The number of fused-ring (bicyclic) bond motifs is 2. The summed E-state index contributed by atoms with van der Waals surface area (Å²) >= 11 is 0. The van der Waals surface area contributed by atoms with E-state index in [0.29, 0.717) is 46.1 Å². The average Bonchev–Trinajstić information content (AvgIpc) is 3.58. The van der Waals surface area contributed by atoms with Crippen LogP contribution in [0.5, 0.6) is 5.75 Å². The van der Waals surface area contributed by atoms with Gasteiger partial charge in [0.1, 0.15) is 11.6 Å². The Morgan fingerprint density at radius 2 is 1.78 bits per heavy atom. The number of anilines is 4. The van der Waals surface area contributed by atoms with Crippen molar-refractivity contribution in [1.82, 2.24) is 30.0 Å². The van der Waals surface area contributed by atoms with E-state index < -0.39 is 15.1 Å². The topological polar surface area (TPSA) is 145 Å². The van der Waals surface area contributed by atoms with Crippen molar-refractivity contribution < 1.29 is 17.9 Å². The molecule has 0 saturated carbocycles. The second-order valence-corrected chi connectivity index (χ2v) is 15.0. The highest BCUT2D eigenvalue weighted by Crippen LogP contribution is 2.38. The monoisotopic (exact) mass is 632 g/mol. The smallest absolute Gasteiger partial charge is 0.254 e. The number of nitrogens with one attached hydrogen (secondary N) is 3. The number of aromatic nitrogens is 4. The molecule has 4 heterocycles. The number of likely N-dealkylation sites (tertiary alicyclic amines) is 1. The molecule has 0 radical (unpaired) electrons. The van der Waals surface area contributed by atoms with Gasteiger partial charge in [-0.1, -0.05) is 6.07 Å². The van der Waals surface area contributed by atoms with Crippen molar-refractivity contribution in [1.29, 1.82) is 0 Å². The van der Waals surface area contributed by atoms with E-state index in [0.717, 1.165) is 37.1 Å².